The Labute approximate surface area is 196 Å². The monoisotopic (exact) mass is 442 g/mol. The first-order valence-corrected chi connectivity index (χ1v) is 12.3. The molecule has 1 spiro atoms. The summed E-state index contributed by atoms with van der Waals surface area (Å²) < 4.78 is 6.93. The second-order valence-corrected chi connectivity index (χ2v) is 9.94. The molecule has 4 nitrogen and oxygen atoms in total. The number of benzene rings is 3. The molecule has 2 aliphatic heterocycles. The normalized spacial score (nSPS) is 20.2. The molecular formula is C29H34N2O2. The van der Waals surface area contributed by atoms with Crippen LogP contribution in [-0.4, -0.2) is 23.6 Å². The summed E-state index contributed by atoms with van der Waals surface area (Å²) >= 11 is 0. The lowest BCUT2D eigenvalue weighted by molar-refractivity contribution is 0.0774. The van der Waals surface area contributed by atoms with E-state index < -0.39 is 5.72 Å². The van der Waals surface area contributed by atoms with Crippen LogP contribution in [0.15, 0.2) is 59.6 Å². The fourth-order valence-corrected chi connectivity index (χ4v) is 5.53. The van der Waals surface area contributed by atoms with Gasteiger partial charge in [-0.15, -0.1) is 0 Å². The zero-order valence-corrected chi connectivity index (χ0v) is 20.0. The SMILES string of the molecule is CCCCCCCCN1c2ccccc2C(C)(C)[C@@]12C=Nc1c(ccc3ccc(O)cc13)O2. The Kier molecular flexibility index (Phi) is 5.55. The summed E-state index contributed by atoms with van der Waals surface area (Å²) in [5.74, 6) is 1.01. The molecule has 2 heterocycles. The standard InChI is InChI=1S/C29H34N2O2/c1-4-5-6-7-8-11-18-31-25-13-10-9-12-24(25)28(2,3)29(31)20-30-27-23-19-22(32)16-14-21(23)15-17-26(27)33-29/h9-10,12-17,19-20,32H,4-8,11,18H2,1-3H3/t29-/m0/s1. The second kappa shape index (κ2) is 8.40. The lowest BCUT2D eigenvalue weighted by Gasteiger charge is -2.46. The molecular weight excluding hydrogens is 408 g/mol. The van der Waals surface area contributed by atoms with Crippen LogP contribution in [0.1, 0.15) is 64.9 Å². The Balaban J connectivity index is 1.52. The van der Waals surface area contributed by atoms with Crippen molar-refractivity contribution < 1.29 is 9.84 Å². The van der Waals surface area contributed by atoms with E-state index in [-0.39, 0.29) is 11.2 Å². The molecule has 33 heavy (non-hydrogen) atoms. The predicted octanol–water partition coefficient (Wildman–Crippen LogP) is 7.49. The molecule has 0 aliphatic carbocycles. The summed E-state index contributed by atoms with van der Waals surface area (Å²) in [7, 11) is 0. The molecule has 0 fully saturated rings. The summed E-state index contributed by atoms with van der Waals surface area (Å²) in [4.78, 5) is 7.42. The molecule has 4 heteroatoms. The van der Waals surface area contributed by atoms with Crippen molar-refractivity contribution in [3.05, 3.63) is 60.2 Å². The summed E-state index contributed by atoms with van der Waals surface area (Å²) in [6.07, 6.45) is 9.56. The van der Waals surface area contributed by atoms with Crippen LogP contribution in [0.4, 0.5) is 11.4 Å². The number of unbranched alkanes of at least 4 members (excludes halogenated alkanes) is 5. The molecule has 5 rings (SSSR count). The van der Waals surface area contributed by atoms with Gasteiger partial charge in [0.05, 0.1) is 11.6 Å². The Morgan fingerprint density at radius 1 is 0.939 bits per heavy atom. The van der Waals surface area contributed by atoms with Crippen molar-refractivity contribution in [3.63, 3.8) is 0 Å². The minimum absolute atomic E-state index is 0.240. The van der Waals surface area contributed by atoms with Crippen molar-refractivity contribution in [1.82, 2.24) is 0 Å². The number of hydrogen-bond donors (Lipinski definition) is 1. The summed E-state index contributed by atoms with van der Waals surface area (Å²) in [6, 6.07) is 18.2. The van der Waals surface area contributed by atoms with Crippen molar-refractivity contribution in [2.24, 2.45) is 4.99 Å². The first kappa shape index (κ1) is 21.8. The van der Waals surface area contributed by atoms with Gasteiger partial charge in [0.15, 0.2) is 0 Å². The van der Waals surface area contributed by atoms with E-state index in [0.29, 0.717) is 0 Å². The fraction of sp³-hybridized carbons (Fsp3) is 0.414. The van der Waals surface area contributed by atoms with Gasteiger partial charge in [0, 0.05) is 17.6 Å². The number of phenols is 1. The van der Waals surface area contributed by atoms with Crippen LogP contribution < -0.4 is 9.64 Å². The van der Waals surface area contributed by atoms with Crippen molar-refractivity contribution >= 4 is 28.4 Å². The van der Waals surface area contributed by atoms with Crippen LogP contribution in [0, 0.1) is 0 Å². The maximum atomic E-state index is 10.1. The summed E-state index contributed by atoms with van der Waals surface area (Å²) in [5.41, 5.74) is 2.37. The average Bonchev–Trinajstić information content (AvgIpc) is 2.99. The van der Waals surface area contributed by atoms with E-state index in [9.17, 15) is 5.11 Å². The Bertz CT molecular complexity index is 1200. The van der Waals surface area contributed by atoms with E-state index in [4.69, 9.17) is 9.73 Å². The first-order valence-electron chi connectivity index (χ1n) is 12.3. The van der Waals surface area contributed by atoms with Gasteiger partial charge < -0.3 is 14.7 Å². The maximum Gasteiger partial charge on any atom is 0.228 e. The lowest BCUT2D eigenvalue weighted by atomic mass is 9.77. The number of ether oxygens (including phenoxy) is 1. The van der Waals surface area contributed by atoms with Gasteiger partial charge in [0.1, 0.15) is 17.2 Å². The van der Waals surface area contributed by atoms with Gasteiger partial charge in [-0.1, -0.05) is 69.4 Å². The molecule has 172 valence electrons. The van der Waals surface area contributed by atoms with Gasteiger partial charge in [0.25, 0.3) is 0 Å². The number of aliphatic imine (C=N–C) groups is 1. The third-order valence-corrected chi connectivity index (χ3v) is 7.47. The predicted molar refractivity (Wildman–Crippen MR) is 137 cm³/mol. The number of aromatic hydroxyl groups is 1. The molecule has 0 radical (unpaired) electrons. The summed E-state index contributed by atoms with van der Waals surface area (Å²) in [6.45, 7) is 7.71. The maximum absolute atomic E-state index is 10.1. The number of rotatable bonds is 7. The minimum Gasteiger partial charge on any atom is -0.508 e. The van der Waals surface area contributed by atoms with Crippen LogP contribution in [0.3, 0.4) is 0 Å². The smallest absolute Gasteiger partial charge is 0.228 e. The van der Waals surface area contributed by atoms with Gasteiger partial charge in [-0.2, -0.15) is 0 Å². The van der Waals surface area contributed by atoms with Crippen LogP contribution in [0.25, 0.3) is 10.8 Å². The topological polar surface area (TPSA) is 45.1 Å². The molecule has 0 unspecified atom stereocenters. The van der Waals surface area contributed by atoms with Crippen LogP contribution in [0.5, 0.6) is 11.5 Å². The van der Waals surface area contributed by atoms with Gasteiger partial charge >= 0.3 is 0 Å². The Morgan fingerprint density at radius 3 is 2.55 bits per heavy atom. The van der Waals surface area contributed by atoms with E-state index in [0.717, 1.165) is 35.2 Å². The minimum atomic E-state index is -0.683. The van der Waals surface area contributed by atoms with Crippen molar-refractivity contribution in [3.8, 4) is 11.5 Å². The third-order valence-electron chi connectivity index (χ3n) is 7.47. The van der Waals surface area contributed by atoms with E-state index in [2.05, 4.69) is 56.0 Å². The molecule has 1 atom stereocenters. The van der Waals surface area contributed by atoms with Gasteiger partial charge in [-0.05, 0) is 55.5 Å². The number of para-hydroxylation sites is 1. The molecule has 3 aromatic carbocycles. The molecule has 0 amide bonds. The molecule has 0 saturated carbocycles. The average molecular weight is 443 g/mol. The van der Waals surface area contributed by atoms with Crippen LogP contribution in [0.2, 0.25) is 0 Å². The highest BCUT2D eigenvalue weighted by Gasteiger charge is 2.59. The van der Waals surface area contributed by atoms with Crippen LogP contribution >= 0.6 is 0 Å². The van der Waals surface area contributed by atoms with Crippen molar-refractivity contribution in [2.75, 3.05) is 11.4 Å². The number of phenolic OH excluding ortho intramolecular Hbond substituents is 1. The van der Waals surface area contributed by atoms with Gasteiger partial charge in [-0.3, -0.25) is 4.99 Å². The molecule has 2 aliphatic rings. The van der Waals surface area contributed by atoms with Gasteiger partial charge in [-0.25, -0.2) is 0 Å². The Morgan fingerprint density at radius 2 is 1.70 bits per heavy atom. The number of hydrogen-bond acceptors (Lipinski definition) is 4. The van der Waals surface area contributed by atoms with Gasteiger partial charge in [0.2, 0.25) is 5.72 Å². The molecule has 0 bridgehead atoms. The highest BCUT2D eigenvalue weighted by molar-refractivity contribution is 6.00. The van der Waals surface area contributed by atoms with E-state index >= 15 is 0 Å². The molecule has 1 N–H and O–H groups in total. The lowest BCUT2D eigenvalue weighted by Crippen LogP contribution is -2.62. The zero-order valence-electron chi connectivity index (χ0n) is 20.0. The summed E-state index contributed by atoms with van der Waals surface area (Å²) in [5, 5.41) is 12.0. The third kappa shape index (κ3) is 3.47. The number of fused-ring (bicyclic) bond motifs is 4. The number of nitrogens with zero attached hydrogens (tertiary/aromatic N) is 2. The highest BCUT2D eigenvalue weighted by Crippen LogP contribution is 2.54. The van der Waals surface area contributed by atoms with E-state index in [1.54, 1.807) is 12.1 Å². The molecule has 0 saturated heterocycles. The molecule has 0 aromatic heterocycles. The van der Waals surface area contributed by atoms with Crippen LogP contribution in [-0.2, 0) is 5.41 Å². The van der Waals surface area contributed by atoms with Crippen molar-refractivity contribution in [2.45, 2.75) is 70.4 Å². The second-order valence-electron chi connectivity index (χ2n) is 9.94. The number of anilines is 1. The first-order chi connectivity index (χ1) is 16.0. The largest absolute Gasteiger partial charge is 0.508 e. The molecule has 3 aromatic rings. The zero-order chi connectivity index (χ0) is 23.1. The highest BCUT2D eigenvalue weighted by atomic mass is 16.5. The van der Waals surface area contributed by atoms with Crippen molar-refractivity contribution in [1.29, 1.82) is 0 Å². The van der Waals surface area contributed by atoms with E-state index in [1.165, 1.54) is 43.4 Å². The van der Waals surface area contributed by atoms with E-state index in [1.807, 2.05) is 18.3 Å². The quantitative estimate of drug-likeness (QED) is 0.385. The Hall–Kier alpha value is -3.01. The fourth-order valence-electron chi connectivity index (χ4n) is 5.53.